The van der Waals surface area contributed by atoms with Crippen molar-refractivity contribution in [2.75, 3.05) is 31.1 Å². The topological polar surface area (TPSA) is 49.3 Å². The van der Waals surface area contributed by atoms with Crippen molar-refractivity contribution in [1.82, 2.24) is 14.9 Å². The standard InChI is InChI=1S/C19H24N4O/c24-19(22-10-4-1-5-11-22)15-7-6-12-23(13-15)18-16-8-2-3-9-17(16)20-14-21-18/h2-3,8-9,14-15H,1,4-7,10-13H2. The van der Waals surface area contributed by atoms with E-state index in [4.69, 9.17) is 0 Å². The zero-order valence-electron chi connectivity index (χ0n) is 14.0. The van der Waals surface area contributed by atoms with Crippen molar-refractivity contribution in [1.29, 1.82) is 0 Å². The fourth-order valence-corrected chi connectivity index (χ4v) is 3.99. The van der Waals surface area contributed by atoms with Gasteiger partial charge in [-0.25, -0.2) is 9.97 Å². The van der Waals surface area contributed by atoms with Crippen LogP contribution >= 0.6 is 0 Å². The molecule has 0 bridgehead atoms. The number of piperidine rings is 2. The third-order valence-electron chi connectivity index (χ3n) is 5.26. The summed E-state index contributed by atoms with van der Waals surface area (Å²) in [6, 6.07) is 8.11. The maximum Gasteiger partial charge on any atom is 0.227 e. The fraction of sp³-hybridized carbons (Fsp3) is 0.526. The zero-order chi connectivity index (χ0) is 16.4. The zero-order valence-corrected chi connectivity index (χ0v) is 14.0. The molecule has 24 heavy (non-hydrogen) atoms. The number of anilines is 1. The van der Waals surface area contributed by atoms with Gasteiger partial charge in [0.15, 0.2) is 0 Å². The number of carbonyl (C=O) groups excluding carboxylic acids is 1. The van der Waals surface area contributed by atoms with Gasteiger partial charge in [0.1, 0.15) is 12.1 Å². The Hall–Kier alpha value is -2.17. The number of rotatable bonds is 2. The van der Waals surface area contributed by atoms with Crippen LogP contribution in [0.1, 0.15) is 32.1 Å². The lowest BCUT2D eigenvalue weighted by Crippen LogP contribution is -2.46. The van der Waals surface area contributed by atoms with Crippen molar-refractivity contribution in [3.8, 4) is 0 Å². The smallest absolute Gasteiger partial charge is 0.227 e. The quantitative estimate of drug-likeness (QED) is 0.852. The Kier molecular flexibility index (Phi) is 4.32. The SMILES string of the molecule is O=C(C1CCCN(c2ncnc3ccccc23)C1)N1CCCCC1. The molecule has 2 aliphatic rings. The van der Waals surface area contributed by atoms with Gasteiger partial charge in [0.05, 0.1) is 11.4 Å². The van der Waals surface area contributed by atoms with E-state index in [1.165, 1.54) is 6.42 Å². The van der Waals surface area contributed by atoms with Gasteiger partial charge in [0.25, 0.3) is 0 Å². The van der Waals surface area contributed by atoms with Crippen LogP contribution in [0.3, 0.4) is 0 Å². The lowest BCUT2D eigenvalue weighted by molar-refractivity contribution is -0.136. The maximum absolute atomic E-state index is 12.9. The Labute approximate surface area is 142 Å². The highest BCUT2D eigenvalue weighted by Crippen LogP contribution is 2.28. The lowest BCUT2D eigenvalue weighted by atomic mass is 9.95. The van der Waals surface area contributed by atoms with E-state index in [0.717, 1.165) is 68.6 Å². The van der Waals surface area contributed by atoms with Gasteiger partial charge in [-0.3, -0.25) is 4.79 Å². The molecule has 1 atom stereocenters. The molecule has 0 saturated carbocycles. The van der Waals surface area contributed by atoms with Crippen molar-refractivity contribution in [2.45, 2.75) is 32.1 Å². The van der Waals surface area contributed by atoms with E-state index < -0.39 is 0 Å². The Morgan fingerprint density at radius 1 is 1.00 bits per heavy atom. The summed E-state index contributed by atoms with van der Waals surface area (Å²) in [5, 5.41) is 1.08. The van der Waals surface area contributed by atoms with E-state index >= 15 is 0 Å². The Morgan fingerprint density at radius 3 is 2.71 bits per heavy atom. The first-order chi connectivity index (χ1) is 11.8. The summed E-state index contributed by atoms with van der Waals surface area (Å²) in [6.45, 7) is 3.61. The summed E-state index contributed by atoms with van der Waals surface area (Å²) in [4.78, 5) is 26.1. The van der Waals surface area contributed by atoms with Gasteiger partial charge in [-0.1, -0.05) is 12.1 Å². The number of para-hydroxylation sites is 1. The number of hydrogen-bond donors (Lipinski definition) is 0. The first-order valence-electron chi connectivity index (χ1n) is 9.06. The molecule has 2 aromatic rings. The van der Waals surface area contributed by atoms with Crippen molar-refractivity contribution >= 4 is 22.6 Å². The second-order valence-electron chi connectivity index (χ2n) is 6.89. The van der Waals surface area contributed by atoms with Gasteiger partial charge in [-0.2, -0.15) is 0 Å². The number of carbonyl (C=O) groups is 1. The minimum Gasteiger partial charge on any atom is -0.355 e. The Morgan fingerprint density at radius 2 is 1.83 bits per heavy atom. The molecule has 5 nitrogen and oxygen atoms in total. The number of fused-ring (bicyclic) bond motifs is 1. The van der Waals surface area contributed by atoms with Gasteiger partial charge >= 0.3 is 0 Å². The fourth-order valence-electron chi connectivity index (χ4n) is 3.99. The van der Waals surface area contributed by atoms with E-state index in [2.05, 4.69) is 25.8 Å². The maximum atomic E-state index is 12.9. The Bertz CT molecular complexity index is 721. The minimum atomic E-state index is 0.102. The number of benzene rings is 1. The molecule has 0 aliphatic carbocycles. The molecule has 0 N–H and O–H groups in total. The molecule has 0 radical (unpaired) electrons. The van der Waals surface area contributed by atoms with Gasteiger partial charge in [-0.05, 0) is 44.2 Å². The highest BCUT2D eigenvalue weighted by atomic mass is 16.2. The van der Waals surface area contributed by atoms with Crippen LogP contribution in [0, 0.1) is 5.92 Å². The van der Waals surface area contributed by atoms with E-state index in [9.17, 15) is 4.79 Å². The molecule has 1 unspecified atom stereocenters. The third-order valence-corrected chi connectivity index (χ3v) is 5.26. The molecule has 2 fully saturated rings. The van der Waals surface area contributed by atoms with Gasteiger partial charge in [0, 0.05) is 31.6 Å². The number of likely N-dealkylation sites (tertiary alicyclic amines) is 1. The summed E-state index contributed by atoms with van der Waals surface area (Å²) in [7, 11) is 0. The van der Waals surface area contributed by atoms with Crippen LogP contribution in [0.2, 0.25) is 0 Å². The second kappa shape index (κ2) is 6.75. The van der Waals surface area contributed by atoms with E-state index in [-0.39, 0.29) is 5.92 Å². The molecule has 5 heteroatoms. The average molecular weight is 324 g/mol. The minimum absolute atomic E-state index is 0.102. The van der Waals surface area contributed by atoms with E-state index in [1.807, 2.05) is 18.2 Å². The van der Waals surface area contributed by atoms with Crippen molar-refractivity contribution in [3.05, 3.63) is 30.6 Å². The predicted molar refractivity (Wildman–Crippen MR) is 94.9 cm³/mol. The summed E-state index contributed by atoms with van der Waals surface area (Å²) < 4.78 is 0. The number of aromatic nitrogens is 2. The predicted octanol–water partition coefficient (Wildman–Crippen LogP) is 2.86. The van der Waals surface area contributed by atoms with Crippen LogP contribution in [0.25, 0.3) is 10.9 Å². The molecule has 4 rings (SSSR count). The first-order valence-corrected chi connectivity index (χ1v) is 9.06. The largest absolute Gasteiger partial charge is 0.355 e. The summed E-state index contributed by atoms with van der Waals surface area (Å²) in [6.07, 6.45) is 7.23. The molecule has 126 valence electrons. The molecule has 1 amide bonds. The molecular formula is C19H24N4O. The second-order valence-corrected chi connectivity index (χ2v) is 6.89. The summed E-state index contributed by atoms with van der Waals surface area (Å²) >= 11 is 0. The Balaban J connectivity index is 1.55. The monoisotopic (exact) mass is 324 g/mol. The van der Waals surface area contributed by atoms with Crippen LogP contribution < -0.4 is 4.90 Å². The van der Waals surface area contributed by atoms with Crippen LogP contribution in [0.15, 0.2) is 30.6 Å². The number of amides is 1. The highest BCUT2D eigenvalue weighted by Gasteiger charge is 2.30. The third kappa shape index (κ3) is 2.95. The van der Waals surface area contributed by atoms with E-state index in [1.54, 1.807) is 6.33 Å². The van der Waals surface area contributed by atoms with Gasteiger partial charge in [-0.15, -0.1) is 0 Å². The summed E-state index contributed by atoms with van der Waals surface area (Å²) in [5.74, 6) is 1.42. The van der Waals surface area contributed by atoms with Gasteiger partial charge < -0.3 is 9.80 Å². The molecule has 1 aromatic carbocycles. The highest BCUT2D eigenvalue weighted by molar-refractivity contribution is 5.89. The molecule has 2 aliphatic heterocycles. The number of hydrogen-bond acceptors (Lipinski definition) is 4. The molecule has 0 spiro atoms. The van der Waals surface area contributed by atoms with Crippen LogP contribution in [-0.4, -0.2) is 47.0 Å². The van der Waals surface area contributed by atoms with E-state index in [0.29, 0.717) is 5.91 Å². The normalized spacial score (nSPS) is 21.9. The lowest BCUT2D eigenvalue weighted by Gasteiger charge is -2.37. The van der Waals surface area contributed by atoms with Crippen molar-refractivity contribution in [3.63, 3.8) is 0 Å². The number of nitrogens with zero attached hydrogens (tertiary/aromatic N) is 4. The first kappa shape index (κ1) is 15.4. The molecule has 2 saturated heterocycles. The van der Waals surface area contributed by atoms with Crippen LogP contribution in [0.5, 0.6) is 0 Å². The van der Waals surface area contributed by atoms with Crippen LogP contribution in [0.4, 0.5) is 5.82 Å². The van der Waals surface area contributed by atoms with Gasteiger partial charge in [0.2, 0.25) is 5.91 Å². The molecule has 1 aromatic heterocycles. The van der Waals surface area contributed by atoms with Crippen LogP contribution in [-0.2, 0) is 4.79 Å². The summed E-state index contributed by atoms with van der Waals surface area (Å²) in [5.41, 5.74) is 0.965. The molecule has 3 heterocycles. The van der Waals surface area contributed by atoms with Crippen molar-refractivity contribution in [2.24, 2.45) is 5.92 Å². The molecular weight excluding hydrogens is 300 g/mol. The average Bonchev–Trinajstić information content (AvgIpc) is 2.68. The van der Waals surface area contributed by atoms with Crippen molar-refractivity contribution < 1.29 is 4.79 Å².